The van der Waals surface area contributed by atoms with Crippen molar-refractivity contribution in [3.63, 3.8) is 0 Å². The van der Waals surface area contributed by atoms with Gasteiger partial charge in [0.2, 0.25) is 0 Å². The third-order valence-corrected chi connectivity index (χ3v) is 7.13. The van der Waals surface area contributed by atoms with Crippen LogP contribution in [-0.2, 0) is 23.9 Å². The molecule has 0 heterocycles. The number of esters is 2. The van der Waals surface area contributed by atoms with E-state index in [2.05, 4.69) is 13.8 Å². The van der Waals surface area contributed by atoms with Gasteiger partial charge >= 0.3 is 11.9 Å². The Morgan fingerprint density at radius 2 is 1.45 bits per heavy atom. The van der Waals surface area contributed by atoms with Crippen LogP contribution in [-0.4, -0.2) is 53.4 Å². The van der Waals surface area contributed by atoms with E-state index in [0.29, 0.717) is 19.3 Å². The highest BCUT2D eigenvalue weighted by molar-refractivity contribution is 5.95. The lowest BCUT2D eigenvalue weighted by Gasteiger charge is -2.13. The first-order valence-corrected chi connectivity index (χ1v) is 15.6. The Balaban J connectivity index is 2.12. The summed E-state index contributed by atoms with van der Waals surface area (Å²) < 4.78 is 10.2. The van der Waals surface area contributed by atoms with Gasteiger partial charge in [-0.3, -0.25) is 14.4 Å². The van der Waals surface area contributed by atoms with E-state index in [-0.39, 0.29) is 43.2 Å². The lowest BCUT2D eigenvalue weighted by atomic mass is 9.90. The van der Waals surface area contributed by atoms with Gasteiger partial charge in [-0.2, -0.15) is 0 Å². The topological polar surface area (TPSA) is 110 Å². The SMILES string of the molecule is CCCCCCCCCC(=O)OC[C@@H](O)COC(=O)CCC/C=C\C[C@H]1C=CC(=O)[C@@H]1/C=C/[C@@H](O)CCCCC. The molecule has 0 amide bonds. The van der Waals surface area contributed by atoms with Gasteiger partial charge in [0.15, 0.2) is 5.78 Å². The summed E-state index contributed by atoms with van der Waals surface area (Å²) in [6, 6.07) is 0. The van der Waals surface area contributed by atoms with Gasteiger partial charge in [-0.1, -0.05) is 102 Å². The number of hydrogen-bond donors (Lipinski definition) is 2. The molecule has 0 unspecified atom stereocenters. The van der Waals surface area contributed by atoms with Crippen LogP contribution < -0.4 is 0 Å². The van der Waals surface area contributed by atoms with Crippen LogP contribution in [0.25, 0.3) is 0 Å². The highest BCUT2D eigenvalue weighted by atomic mass is 16.6. The minimum absolute atomic E-state index is 0.0725. The standard InChI is InChI=1S/C33H54O7/c1-3-5-7-8-9-10-15-19-32(37)39-25-29(35)26-40-33(38)20-16-12-11-14-17-27-21-24-31(36)30(27)23-22-28(34)18-13-6-4-2/h11,14,21-24,27-30,34-35H,3-10,12-13,15-20,25-26H2,1-2H3/b14-11-,23-22+/t27-,28-,29+,30+/m0/s1. The molecule has 0 aromatic rings. The molecule has 7 heteroatoms. The number of carbonyl (C=O) groups excluding carboxylic acids is 3. The molecular formula is C33H54O7. The smallest absolute Gasteiger partial charge is 0.305 e. The molecule has 0 bridgehead atoms. The Morgan fingerprint density at radius 1 is 0.850 bits per heavy atom. The van der Waals surface area contributed by atoms with Gasteiger partial charge in [0.05, 0.1) is 6.10 Å². The normalized spacial score (nSPS) is 18.6. The first-order valence-electron chi connectivity index (χ1n) is 15.6. The first-order chi connectivity index (χ1) is 19.4. The second kappa shape index (κ2) is 23.5. The molecule has 40 heavy (non-hydrogen) atoms. The van der Waals surface area contributed by atoms with Gasteiger partial charge in [-0.05, 0) is 44.1 Å². The Kier molecular flexibility index (Phi) is 21.0. The van der Waals surface area contributed by atoms with Gasteiger partial charge < -0.3 is 19.7 Å². The average Bonchev–Trinajstić information content (AvgIpc) is 3.29. The van der Waals surface area contributed by atoms with Crippen LogP contribution in [0.5, 0.6) is 0 Å². The molecule has 228 valence electrons. The number of aliphatic hydroxyl groups is 2. The molecule has 0 fully saturated rings. The second-order valence-corrected chi connectivity index (χ2v) is 10.9. The monoisotopic (exact) mass is 562 g/mol. The molecule has 0 aromatic heterocycles. The zero-order valence-corrected chi connectivity index (χ0v) is 24.9. The number of carbonyl (C=O) groups is 3. The summed E-state index contributed by atoms with van der Waals surface area (Å²) in [4.78, 5) is 35.9. The molecule has 0 spiro atoms. The van der Waals surface area contributed by atoms with Crippen LogP contribution >= 0.6 is 0 Å². The van der Waals surface area contributed by atoms with Gasteiger partial charge in [-0.25, -0.2) is 0 Å². The molecular weight excluding hydrogens is 508 g/mol. The van der Waals surface area contributed by atoms with E-state index in [9.17, 15) is 24.6 Å². The Labute approximate surface area is 242 Å². The molecule has 1 rings (SSSR count). The highest BCUT2D eigenvalue weighted by Crippen LogP contribution is 2.27. The third kappa shape index (κ3) is 18.2. The maximum atomic E-state index is 12.2. The van der Waals surface area contributed by atoms with Crippen LogP contribution in [0.15, 0.2) is 36.5 Å². The van der Waals surface area contributed by atoms with Gasteiger partial charge in [0, 0.05) is 18.8 Å². The van der Waals surface area contributed by atoms with E-state index in [1.54, 1.807) is 12.2 Å². The number of ketones is 1. The number of ether oxygens (including phenoxy) is 2. The van der Waals surface area contributed by atoms with E-state index in [1.165, 1.54) is 25.7 Å². The number of allylic oxidation sites excluding steroid dienone is 5. The molecule has 0 radical (unpaired) electrons. The lowest BCUT2D eigenvalue weighted by molar-refractivity contribution is -0.152. The van der Waals surface area contributed by atoms with Gasteiger partial charge in [-0.15, -0.1) is 0 Å². The van der Waals surface area contributed by atoms with Crippen LogP contribution in [0.3, 0.4) is 0 Å². The van der Waals surface area contributed by atoms with Crippen molar-refractivity contribution in [2.75, 3.05) is 13.2 Å². The van der Waals surface area contributed by atoms with Crippen molar-refractivity contribution in [2.24, 2.45) is 11.8 Å². The zero-order valence-electron chi connectivity index (χ0n) is 24.9. The minimum atomic E-state index is -1.02. The molecule has 0 saturated carbocycles. The van der Waals surface area contributed by atoms with Gasteiger partial charge in [0.1, 0.15) is 19.3 Å². The third-order valence-electron chi connectivity index (χ3n) is 7.13. The van der Waals surface area contributed by atoms with Crippen LogP contribution in [0.1, 0.15) is 117 Å². The van der Waals surface area contributed by atoms with E-state index < -0.39 is 18.2 Å². The second-order valence-electron chi connectivity index (χ2n) is 10.9. The average molecular weight is 563 g/mol. The molecule has 4 atom stereocenters. The fraction of sp³-hybridized carbons (Fsp3) is 0.727. The molecule has 0 aromatic carbocycles. The van der Waals surface area contributed by atoms with Crippen molar-refractivity contribution in [1.29, 1.82) is 0 Å². The van der Waals surface area contributed by atoms with E-state index in [4.69, 9.17) is 9.47 Å². The number of hydrogen-bond acceptors (Lipinski definition) is 7. The van der Waals surface area contributed by atoms with Crippen molar-refractivity contribution in [3.05, 3.63) is 36.5 Å². The quantitative estimate of drug-likeness (QED) is 0.0779. The minimum Gasteiger partial charge on any atom is -0.463 e. The summed E-state index contributed by atoms with van der Waals surface area (Å²) in [5.74, 6) is -0.798. The predicted molar refractivity (Wildman–Crippen MR) is 159 cm³/mol. The Morgan fingerprint density at radius 3 is 2.12 bits per heavy atom. The van der Waals surface area contributed by atoms with Crippen LogP contribution in [0, 0.1) is 11.8 Å². The maximum absolute atomic E-state index is 12.2. The summed E-state index contributed by atoms with van der Waals surface area (Å²) in [7, 11) is 0. The summed E-state index contributed by atoms with van der Waals surface area (Å²) in [5.41, 5.74) is 0. The van der Waals surface area contributed by atoms with Crippen LogP contribution in [0.2, 0.25) is 0 Å². The first kappa shape index (κ1) is 35.8. The lowest BCUT2D eigenvalue weighted by Crippen LogP contribution is -2.25. The van der Waals surface area contributed by atoms with Crippen molar-refractivity contribution in [1.82, 2.24) is 0 Å². The molecule has 0 aliphatic heterocycles. The summed E-state index contributed by atoms with van der Waals surface area (Å²) in [5, 5.41) is 20.0. The fourth-order valence-electron chi connectivity index (χ4n) is 4.60. The highest BCUT2D eigenvalue weighted by Gasteiger charge is 2.26. The van der Waals surface area contributed by atoms with Crippen molar-refractivity contribution in [2.45, 2.75) is 129 Å². The Hall–Kier alpha value is -2.25. The van der Waals surface area contributed by atoms with Crippen LogP contribution in [0.4, 0.5) is 0 Å². The van der Waals surface area contributed by atoms with E-state index >= 15 is 0 Å². The predicted octanol–water partition coefficient (Wildman–Crippen LogP) is 6.56. The van der Waals surface area contributed by atoms with Crippen molar-refractivity contribution < 1.29 is 34.1 Å². The molecule has 0 saturated heterocycles. The fourth-order valence-corrected chi connectivity index (χ4v) is 4.60. The largest absolute Gasteiger partial charge is 0.463 e. The molecule has 7 nitrogen and oxygen atoms in total. The Bertz CT molecular complexity index is 786. The summed E-state index contributed by atoms with van der Waals surface area (Å²) in [6.45, 7) is 3.95. The molecule has 1 aliphatic carbocycles. The number of aliphatic hydroxyl groups excluding tert-OH is 2. The van der Waals surface area contributed by atoms with E-state index in [0.717, 1.165) is 51.4 Å². The molecule has 2 N–H and O–H groups in total. The zero-order chi connectivity index (χ0) is 29.4. The van der Waals surface area contributed by atoms with Crippen molar-refractivity contribution >= 4 is 17.7 Å². The molecule has 1 aliphatic rings. The maximum Gasteiger partial charge on any atom is 0.305 e. The number of unbranched alkanes of at least 4 members (excludes halogenated alkanes) is 9. The summed E-state index contributed by atoms with van der Waals surface area (Å²) >= 11 is 0. The van der Waals surface area contributed by atoms with Gasteiger partial charge in [0.25, 0.3) is 0 Å². The van der Waals surface area contributed by atoms with E-state index in [1.807, 2.05) is 24.3 Å². The number of rotatable bonds is 24. The van der Waals surface area contributed by atoms with Crippen molar-refractivity contribution in [3.8, 4) is 0 Å². The summed E-state index contributed by atoms with van der Waals surface area (Å²) in [6.07, 6.45) is 24.0.